The van der Waals surface area contributed by atoms with E-state index in [0.717, 1.165) is 24.2 Å². The molecule has 1 aromatic heterocycles. The number of halogens is 2. The van der Waals surface area contributed by atoms with E-state index >= 15 is 0 Å². The third kappa shape index (κ3) is 2.69. The topological polar surface area (TPSA) is 42.7 Å². The van der Waals surface area contributed by atoms with Crippen LogP contribution in [0.15, 0.2) is 18.2 Å². The minimum absolute atomic E-state index is 0.120. The van der Waals surface area contributed by atoms with Crippen LogP contribution in [0.2, 0.25) is 5.02 Å². The number of rotatable bonds is 5. The molecule has 0 saturated heterocycles. The first kappa shape index (κ1) is 14.9. The zero-order valence-corrected chi connectivity index (χ0v) is 12.6. The van der Waals surface area contributed by atoms with Crippen LogP contribution in [-0.4, -0.2) is 22.0 Å². The molecule has 1 N–H and O–H groups in total. The number of nitrogens with zero attached hydrogens (tertiary/aromatic N) is 3. The highest BCUT2D eigenvalue weighted by molar-refractivity contribution is 6.30. The minimum Gasteiger partial charge on any atom is -0.312 e. The molecule has 0 fully saturated rings. The van der Waals surface area contributed by atoms with Crippen LogP contribution in [0, 0.1) is 5.82 Å². The molecule has 0 aliphatic heterocycles. The maximum absolute atomic E-state index is 14.0. The van der Waals surface area contributed by atoms with Crippen molar-refractivity contribution >= 4 is 11.6 Å². The predicted octanol–water partition coefficient (Wildman–Crippen LogP) is 3.29. The van der Waals surface area contributed by atoms with Crippen LogP contribution >= 0.6 is 11.6 Å². The average Bonchev–Trinajstić information content (AvgIpc) is 2.84. The van der Waals surface area contributed by atoms with Crippen molar-refractivity contribution in [3.8, 4) is 5.69 Å². The normalized spacial score (nSPS) is 12.7. The van der Waals surface area contributed by atoms with Crippen molar-refractivity contribution in [3.05, 3.63) is 40.4 Å². The molecule has 1 heterocycles. The smallest absolute Gasteiger partial charge is 0.150 e. The zero-order valence-electron chi connectivity index (χ0n) is 11.8. The van der Waals surface area contributed by atoms with E-state index in [-0.39, 0.29) is 6.04 Å². The van der Waals surface area contributed by atoms with Gasteiger partial charge in [0.1, 0.15) is 17.2 Å². The van der Waals surface area contributed by atoms with Gasteiger partial charge in [0.25, 0.3) is 0 Å². The minimum atomic E-state index is -0.402. The number of hydrogen-bond donors (Lipinski definition) is 1. The zero-order chi connectivity index (χ0) is 14.7. The first-order chi connectivity index (χ1) is 9.62. The molecule has 108 valence electrons. The van der Waals surface area contributed by atoms with Gasteiger partial charge in [-0.1, -0.05) is 30.7 Å². The molecule has 0 amide bonds. The Morgan fingerprint density at radius 2 is 2.15 bits per heavy atom. The fraction of sp³-hybridized carbons (Fsp3) is 0.429. The Labute approximate surface area is 122 Å². The number of benzene rings is 1. The Hall–Kier alpha value is -1.46. The van der Waals surface area contributed by atoms with Crippen molar-refractivity contribution in [2.75, 3.05) is 7.05 Å². The first-order valence-corrected chi connectivity index (χ1v) is 7.07. The highest BCUT2D eigenvalue weighted by Crippen LogP contribution is 2.24. The summed E-state index contributed by atoms with van der Waals surface area (Å²) in [7, 11) is 1.88. The third-order valence-corrected chi connectivity index (χ3v) is 3.59. The van der Waals surface area contributed by atoms with Gasteiger partial charge in [0, 0.05) is 5.02 Å². The summed E-state index contributed by atoms with van der Waals surface area (Å²) in [5, 5.41) is 11.9. The molecule has 1 unspecified atom stereocenters. The Morgan fingerprint density at radius 3 is 2.70 bits per heavy atom. The van der Waals surface area contributed by atoms with Gasteiger partial charge in [-0.3, -0.25) is 0 Å². The molecule has 0 saturated carbocycles. The summed E-state index contributed by atoms with van der Waals surface area (Å²) in [6.07, 6.45) is 1.62. The summed E-state index contributed by atoms with van der Waals surface area (Å²) >= 11 is 5.78. The number of aromatic nitrogens is 3. The van der Waals surface area contributed by atoms with Gasteiger partial charge in [-0.25, -0.2) is 9.07 Å². The van der Waals surface area contributed by atoms with Gasteiger partial charge in [0.2, 0.25) is 0 Å². The van der Waals surface area contributed by atoms with Crippen molar-refractivity contribution in [2.45, 2.75) is 32.7 Å². The molecular formula is C14H18ClFN4. The Morgan fingerprint density at radius 1 is 1.40 bits per heavy atom. The van der Waals surface area contributed by atoms with Crippen LogP contribution in [0.1, 0.15) is 37.7 Å². The van der Waals surface area contributed by atoms with Crippen LogP contribution in [0.3, 0.4) is 0 Å². The molecular weight excluding hydrogens is 279 g/mol. The Kier molecular flexibility index (Phi) is 4.73. The summed E-state index contributed by atoms with van der Waals surface area (Å²) in [6, 6.07) is 4.67. The summed E-state index contributed by atoms with van der Waals surface area (Å²) < 4.78 is 15.6. The molecule has 6 heteroatoms. The molecule has 4 nitrogen and oxygen atoms in total. The average molecular weight is 297 g/mol. The standard InChI is InChI=1S/C14H18ClFN4/c1-4-11(17-3)14-12(5-2)20(19-18-14)13-7-6-9(15)8-10(13)16/h6-8,11,17H,4-5H2,1-3H3. The van der Waals surface area contributed by atoms with E-state index in [1.54, 1.807) is 16.8 Å². The quantitative estimate of drug-likeness (QED) is 0.920. The largest absolute Gasteiger partial charge is 0.312 e. The van der Waals surface area contributed by atoms with E-state index in [0.29, 0.717) is 10.7 Å². The van der Waals surface area contributed by atoms with Crippen molar-refractivity contribution in [1.29, 1.82) is 0 Å². The molecule has 0 aliphatic carbocycles. The second kappa shape index (κ2) is 6.33. The molecule has 20 heavy (non-hydrogen) atoms. The second-order valence-electron chi connectivity index (χ2n) is 4.53. The van der Waals surface area contributed by atoms with E-state index in [1.165, 1.54) is 6.07 Å². The van der Waals surface area contributed by atoms with Gasteiger partial charge < -0.3 is 5.32 Å². The van der Waals surface area contributed by atoms with Crippen LogP contribution < -0.4 is 5.32 Å². The van der Waals surface area contributed by atoms with E-state index in [4.69, 9.17) is 11.6 Å². The molecule has 1 aromatic carbocycles. The summed E-state index contributed by atoms with van der Waals surface area (Å²) in [6.45, 7) is 4.08. The van der Waals surface area contributed by atoms with Crippen LogP contribution in [0.4, 0.5) is 4.39 Å². The highest BCUT2D eigenvalue weighted by Gasteiger charge is 2.20. The van der Waals surface area contributed by atoms with Crippen molar-refractivity contribution in [3.63, 3.8) is 0 Å². The maximum atomic E-state index is 14.0. The summed E-state index contributed by atoms with van der Waals surface area (Å²) in [5.74, 6) is -0.402. The van der Waals surface area contributed by atoms with Crippen LogP contribution in [0.5, 0.6) is 0 Å². The van der Waals surface area contributed by atoms with Gasteiger partial charge in [-0.15, -0.1) is 5.10 Å². The fourth-order valence-corrected chi connectivity index (χ4v) is 2.45. The lowest BCUT2D eigenvalue weighted by molar-refractivity contribution is 0.555. The molecule has 0 radical (unpaired) electrons. The van der Waals surface area contributed by atoms with Gasteiger partial charge in [0.05, 0.1) is 11.7 Å². The maximum Gasteiger partial charge on any atom is 0.150 e. The van der Waals surface area contributed by atoms with E-state index < -0.39 is 5.82 Å². The monoisotopic (exact) mass is 296 g/mol. The molecule has 0 bridgehead atoms. The number of nitrogens with one attached hydrogen (secondary N) is 1. The van der Waals surface area contributed by atoms with Crippen molar-refractivity contribution in [1.82, 2.24) is 20.3 Å². The lowest BCUT2D eigenvalue weighted by atomic mass is 10.1. The van der Waals surface area contributed by atoms with Crippen molar-refractivity contribution in [2.24, 2.45) is 0 Å². The molecule has 2 rings (SSSR count). The Bertz CT molecular complexity index is 593. The molecule has 0 aliphatic rings. The third-order valence-electron chi connectivity index (χ3n) is 3.35. The summed E-state index contributed by atoms with van der Waals surface area (Å²) in [5.41, 5.74) is 2.15. The van der Waals surface area contributed by atoms with Gasteiger partial charge >= 0.3 is 0 Å². The van der Waals surface area contributed by atoms with Crippen molar-refractivity contribution < 1.29 is 4.39 Å². The first-order valence-electron chi connectivity index (χ1n) is 6.69. The molecule has 1 atom stereocenters. The molecule has 2 aromatic rings. The van der Waals surface area contributed by atoms with Gasteiger partial charge in [-0.05, 0) is 38.1 Å². The second-order valence-corrected chi connectivity index (χ2v) is 4.97. The number of hydrogen-bond acceptors (Lipinski definition) is 3. The Balaban J connectivity index is 2.52. The lowest BCUT2D eigenvalue weighted by Gasteiger charge is -2.13. The summed E-state index contributed by atoms with van der Waals surface area (Å²) in [4.78, 5) is 0. The van der Waals surface area contributed by atoms with E-state index in [2.05, 4.69) is 22.6 Å². The predicted molar refractivity (Wildman–Crippen MR) is 77.8 cm³/mol. The van der Waals surface area contributed by atoms with Gasteiger partial charge in [0.15, 0.2) is 0 Å². The van der Waals surface area contributed by atoms with Crippen LogP contribution in [0.25, 0.3) is 5.69 Å². The lowest BCUT2D eigenvalue weighted by Crippen LogP contribution is -2.17. The van der Waals surface area contributed by atoms with Gasteiger partial charge in [-0.2, -0.15) is 0 Å². The van der Waals surface area contributed by atoms with E-state index in [9.17, 15) is 4.39 Å². The van der Waals surface area contributed by atoms with E-state index in [1.807, 2.05) is 14.0 Å². The SMILES string of the molecule is CCc1c(C(CC)NC)nnn1-c1ccc(Cl)cc1F. The molecule has 0 spiro atoms. The highest BCUT2D eigenvalue weighted by atomic mass is 35.5. The fourth-order valence-electron chi connectivity index (χ4n) is 2.30. The van der Waals surface area contributed by atoms with Crippen LogP contribution in [-0.2, 0) is 6.42 Å².